The molecule has 35 heavy (non-hydrogen) atoms. The molecule has 2 heterocycles. The summed E-state index contributed by atoms with van der Waals surface area (Å²) in [5.74, 6) is -0.910. The maximum Gasteiger partial charge on any atom is 0.407 e. The lowest BCUT2D eigenvalue weighted by Gasteiger charge is -2.35. The Bertz CT molecular complexity index is 1150. The Labute approximate surface area is 204 Å². The summed E-state index contributed by atoms with van der Waals surface area (Å²) in [7, 11) is 0. The van der Waals surface area contributed by atoms with Crippen LogP contribution >= 0.6 is 0 Å². The maximum atomic E-state index is 13.3. The van der Waals surface area contributed by atoms with Crippen LogP contribution in [0.5, 0.6) is 0 Å². The van der Waals surface area contributed by atoms with Gasteiger partial charge in [0.2, 0.25) is 5.91 Å². The zero-order valence-corrected chi connectivity index (χ0v) is 19.7. The number of rotatable bonds is 7. The van der Waals surface area contributed by atoms with E-state index in [1.807, 2.05) is 29.2 Å². The fourth-order valence-corrected chi connectivity index (χ4v) is 6.76. The van der Waals surface area contributed by atoms with Crippen molar-refractivity contribution in [2.75, 3.05) is 6.61 Å². The van der Waals surface area contributed by atoms with Gasteiger partial charge in [-0.25, -0.2) is 4.79 Å². The topological polar surface area (TPSA) is 95.9 Å². The number of carboxylic acids is 1. The number of aliphatic carboxylic acids is 1. The Morgan fingerprint density at radius 2 is 1.51 bits per heavy atom. The smallest absolute Gasteiger partial charge is 0.407 e. The van der Waals surface area contributed by atoms with Crippen LogP contribution in [0.4, 0.5) is 4.79 Å². The number of hydrogen-bond acceptors (Lipinski definition) is 4. The number of carbonyl (C=O) groups excluding carboxylic acids is 2. The minimum atomic E-state index is -0.858. The van der Waals surface area contributed by atoms with Crippen LogP contribution < -0.4 is 5.32 Å². The third-order valence-corrected chi connectivity index (χ3v) is 8.57. The van der Waals surface area contributed by atoms with Gasteiger partial charge in [0.25, 0.3) is 0 Å². The molecule has 7 nitrogen and oxygen atoms in total. The van der Waals surface area contributed by atoms with E-state index in [-0.39, 0.29) is 37.3 Å². The van der Waals surface area contributed by atoms with Gasteiger partial charge in [0, 0.05) is 12.0 Å². The predicted molar refractivity (Wildman–Crippen MR) is 129 cm³/mol. The minimum Gasteiger partial charge on any atom is -0.481 e. The highest BCUT2D eigenvalue weighted by molar-refractivity contribution is 5.83. The van der Waals surface area contributed by atoms with Crippen LogP contribution in [-0.4, -0.2) is 51.7 Å². The molecule has 2 bridgehead atoms. The molecule has 3 fully saturated rings. The van der Waals surface area contributed by atoms with E-state index < -0.39 is 23.1 Å². The second-order valence-electron chi connectivity index (χ2n) is 10.7. The summed E-state index contributed by atoms with van der Waals surface area (Å²) in [6, 6.07) is 16.5. The number of nitrogens with one attached hydrogen (secondary N) is 1. The third kappa shape index (κ3) is 3.77. The van der Waals surface area contributed by atoms with Crippen molar-refractivity contribution in [1.82, 2.24) is 10.2 Å². The molecule has 6 rings (SSSR count). The van der Waals surface area contributed by atoms with Gasteiger partial charge < -0.3 is 20.1 Å². The van der Waals surface area contributed by atoms with Crippen LogP contribution in [0.2, 0.25) is 0 Å². The van der Waals surface area contributed by atoms with Gasteiger partial charge in [-0.15, -0.1) is 0 Å². The van der Waals surface area contributed by atoms with Gasteiger partial charge in [-0.05, 0) is 60.8 Å². The predicted octanol–water partition coefficient (Wildman–Crippen LogP) is 4.45. The van der Waals surface area contributed by atoms with Gasteiger partial charge in [0.1, 0.15) is 6.61 Å². The summed E-state index contributed by atoms with van der Waals surface area (Å²) in [5.41, 5.74) is 3.55. The van der Waals surface area contributed by atoms with Gasteiger partial charge in [-0.2, -0.15) is 0 Å². The Balaban J connectivity index is 1.10. The number of amides is 2. The van der Waals surface area contributed by atoms with Gasteiger partial charge in [0.05, 0.1) is 23.9 Å². The summed E-state index contributed by atoms with van der Waals surface area (Å²) < 4.78 is 5.70. The first-order valence-corrected chi connectivity index (χ1v) is 12.6. The number of fused-ring (bicyclic) bond motifs is 5. The Hall–Kier alpha value is -3.35. The minimum absolute atomic E-state index is 0.00203. The van der Waals surface area contributed by atoms with Crippen LogP contribution in [0.3, 0.4) is 0 Å². The monoisotopic (exact) mass is 474 g/mol. The van der Waals surface area contributed by atoms with E-state index in [1.54, 1.807) is 0 Å². The molecule has 2 amide bonds. The van der Waals surface area contributed by atoms with Gasteiger partial charge >= 0.3 is 12.1 Å². The SMILES string of the molecule is O=C(O)CC12CCC(CC1)N2C(=O)CC1(NC(=O)OCC2c3ccccc3-c3ccccc32)CC1. The number of nitrogens with zero attached hydrogens (tertiary/aromatic N) is 1. The van der Waals surface area contributed by atoms with Crippen molar-refractivity contribution >= 4 is 18.0 Å². The largest absolute Gasteiger partial charge is 0.481 e. The molecular formula is C28H30N2O5. The quantitative estimate of drug-likeness (QED) is 0.618. The molecule has 2 aromatic carbocycles. The van der Waals surface area contributed by atoms with Crippen LogP contribution in [0.25, 0.3) is 11.1 Å². The molecule has 0 spiro atoms. The molecule has 7 heteroatoms. The van der Waals surface area contributed by atoms with Crippen molar-refractivity contribution in [2.45, 2.75) is 74.4 Å². The molecule has 0 radical (unpaired) electrons. The first kappa shape index (κ1) is 22.1. The molecule has 0 aromatic heterocycles. The standard InChI is InChI=1S/C28H30N2O5/c31-24(30-18-9-11-28(30,12-10-18)16-25(32)33)15-27(13-14-27)29-26(34)35-17-23-21-7-3-1-5-19(21)20-6-2-4-8-22(20)23/h1-8,18,23H,9-17H2,(H,29,34)(H,32,33). The molecule has 0 unspecified atom stereocenters. The molecular weight excluding hydrogens is 444 g/mol. The highest BCUT2D eigenvalue weighted by atomic mass is 16.5. The van der Waals surface area contributed by atoms with E-state index in [0.29, 0.717) is 0 Å². The molecule has 1 saturated carbocycles. The maximum absolute atomic E-state index is 13.3. The van der Waals surface area contributed by atoms with E-state index in [9.17, 15) is 19.5 Å². The first-order chi connectivity index (χ1) is 16.9. The van der Waals surface area contributed by atoms with E-state index in [2.05, 4.69) is 29.6 Å². The average molecular weight is 475 g/mol. The summed E-state index contributed by atoms with van der Waals surface area (Å²) in [6.07, 6.45) is 4.40. The first-order valence-electron chi connectivity index (χ1n) is 12.6. The van der Waals surface area contributed by atoms with Crippen LogP contribution in [0, 0.1) is 0 Å². The lowest BCUT2D eigenvalue weighted by molar-refractivity contribution is -0.143. The van der Waals surface area contributed by atoms with Crippen molar-refractivity contribution in [3.05, 3.63) is 59.7 Å². The second kappa shape index (κ2) is 8.11. The Kier molecular flexibility index (Phi) is 5.13. The average Bonchev–Trinajstić information content (AvgIpc) is 3.22. The number of hydrogen-bond donors (Lipinski definition) is 2. The normalized spacial score (nSPS) is 25.1. The molecule has 182 valence electrons. The fourth-order valence-electron chi connectivity index (χ4n) is 6.76. The van der Waals surface area contributed by atoms with Crippen LogP contribution in [-0.2, 0) is 14.3 Å². The molecule has 2 aliphatic heterocycles. The molecule has 2 aromatic rings. The third-order valence-electron chi connectivity index (χ3n) is 8.57. The number of carbonyl (C=O) groups is 3. The zero-order chi connectivity index (χ0) is 24.2. The van der Waals surface area contributed by atoms with Crippen LogP contribution in [0.1, 0.15) is 68.4 Å². The molecule has 2 N–H and O–H groups in total. The molecule has 2 saturated heterocycles. The van der Waals surface area contributed by atoms with Crippen molar-refractivity contribution < 1.29 is 24.2 Å². The lowest BCUT2D eigenvalue weighted by Crippen LogP contribution is -2.49. The number of alkyl carbamates (subject to hydrolysis) is 1. The van der Waals surface area contributed by atoms with E-state index >= 15 is 0 Å². The summed E-state index contributed by atoms with van der Waals surface area (Å²) >= 11 is 0. The second-order valence-corrected chi connectivity index (χ2v) is 10.7. The lowest BCUT2D eigenvalue weighted by atomic mass is 9.85. The van der Waals surface area contributed by atoms with Crippen molar-refractivity contribution in [2.24, 2.45) is 0 Å². The summed E-state index contributed by atoms with van der Waals surface area (Å²) in [6.45, 7) is 0.236. The number of benzene rings is 2. The van der Waals surface area contributed by atoms with Gasteiger partial charge in [-0.1, -0.05) is 48.5 Å². The van der Waals surface area contributed by atoms with Crippen LogP contribution in [0.15, 0.2) is 48.5 Å². The van der Waals surface area contributed by atoms with Crippen molar-refractivity contribution in [1.29, 1.82) is 0 Å². The van der Waals surface area contributed by atoms with Gasteiger partial charge in [-0.3, -0.25) is 9.59 Å². The summed E-state index contributed by atoms with van der Waals surface area (Å²) in [4.78, 5) is 39.4. The zero-order valence-electron chi connectivity index (χ0n) is 19.7. The van der Waals surface area contributed by atoms with Crippen molar-refractivity contribution in [3.63, 3.8) is 0 Å². The fraction of sp³-hybridized carbons (Fsp3) is 0.464. The highest BCUT2D eigenvalue weighted by Crippen LogP contribution is 2.50. The van der Waals surface area contributed by atoms with E-state index in [4.69, 9.17) is 4.74 Å². The molecule has 0 atom stereocenters. The van der Waals surface area contributed by atoms with Crippen molar-refractivity contribution in [3.8, 4) is 11.1 Å². The highest BCUT2D eigenvalue weighted by Gasteiger charge is 2.56. The number of ether oxygens (including phenoxy) is 1. The van der Waals surface area contributed by atoms with E-state index in [0.717, 1.165) is 49.7 Å². The van der Waals surface area contributed by atoms with Gasteiger partial charge in [0.15, 0.2) is 0 Å². The summed E-state index contributed by atoms with van der Waals surface area (Å²) in [5, 5.41) is 12.4. The Morgan fingerprint density at radius 3 is 2.09 bits per heavy atom. The molecule has 2 aliphatic carbocycles. The van der Waals surface area contributed by atoms with E-state index in [1.165, 1.54) is 11.1 Å². The number of carboxylic acid groups (broad SMARTS) is 1. The molecule has 4 aliphatic rings. The Morgan fingerprint density at radius 1 is 0.914 bits per heavy atom.